The van der Waals surface area contributed by atoms with Gasteiger partial charge in [0.1, 0.15) is 45.9 Å². The predicted molar refractivity (Wildman–Crippen MR) is 145 cm³/mol. The van der Waals surface area contributed by atoms with Crippen molar-refractivity contribution >= 4 is 29.4 Å². The lowest BCUT2D eigenvalue weighted by atomic mass is 10.0. The second-order valence-corrected chi connectivity index (χ2v) is 12.1. The van der Waals surface area contributed by atoms with Gasteiger partial charge < -0.3 is 34.0 Å². The Morgan fingerprint density at radius 2 is 1.88 bits per heavy atom. The Morgan fingerprint density at radius 3 is 2.55 bits per heavy atom. The topological polar surface area (TPSA) is 105 Å². The third-order valence-corrected chi connectivity index (χ3v) is 8.03. The number of carbonyl (C=O) groups excluding carboxylic acids is 2. The highest BCUT2D eigenvalue weighted by Gasteiger charge is 2.43. The van der Waals surface area contributed by atoms with Gasteiger partial charge in [0.05, 0.1) is 23.8 Å². The van der Waals surface area contributed by atoms with Crippen molar-refractivity contribution in [2.75, 3.05) is 44.2 Å². The summed E-state index contributed by atoms with van der Waals surface area (Å²) in [5, 5.41) is 10.5. The van der Waals surface area contributed by atoms with Crippen LogP contribution in [0.4, 0.5) is 15.0 Å². The highest BCUT2D eigenvalue weighted by Crippen LogP contribution is 2.46. The Kier molecular flexibility index (Phi) is 6.69. The zero-order chi connectivity index (χ0) is 28.3. The number of phenols is 1. The summed E-state index contributed by atoms with van der Waals surface area (Å²) >= 11 is 6.81. The number of amides is 2. The second kappa shape index (κ2) is 9.95. The van der Waals surface area contributed by atoms with Crippen molar-refractivity contribution in [1.29, 1.82) is 0 Å². The number of rotatable bonds is 2. The molecule has 5 heterocycles. The average molecular weight is 575 g/mol. The largest absolute Gasteiger partial charge is 0.507 e. The highest BCUT2D eigenvalue weighted by atomic mass is 35.5. The molecule has 3 fully saturated rings. The number of hydrogen-bond donors (Lipinski definition) is 1. The fourth-order valence-electron chi connectivity index (χ4n) is 5.87. The van der Waals surface area contributed by atoms with E-state index in [9.17, 15) is 14.7 Å². The first kappa shape index (κ1) is 26.9. The molecule has 0 unspecified atom stereocenters. The normalized spacial score (nSPS) is 24.3. The molecule has 6 rings (SSSR count). The second-order valence-electron chi connectivity index (χ2n) is 11.7. The molecule has 3 saturated heterocycles. The Hall–Kier alpha value is -3.31. The number of halogens is 2. The molecule has 3 atom stereocenters. The molecule has 0 saturated carbocycles. The third kappa shape index (κ3) is 4.79. The predicted octanol–water partition coefficient (Wildman–Crippen LogP) is 4.07. The minimum atomic E-state index is -0.701. The minimum Gasteiger partial charge on any atom is -0.507 e. The molecule has 0 spiro atoms. The quantitative estimate of drug-likeness (QED) is 0.572. The van der Waals surface area contributed by atoms with E-state index in [0.29, 0.717) is 25.5 Å². The molecule has 10 nitrogen and oxygen atoms in total. The summed E-state index contributed by atoms with van der Waals surface area (Å²) in [6.45, 7) is 7.25. The summed E-state index contributed by atoms with van der Waals surface area (Å²) < 4.78 is 32.8. The lowest BCUT2D eigenvalue weighted by Crippen LogP contribution is -2.58. The molecule has 2 amide bonds. The van der Waals surface area contributed by atoms with Gasteiger partial charge in [-0.2, -0.15) is 0 Å². The first-order valence-corrected chi connectivity index (χ1v) is 13.9. The molecule has 4 aliphatic rings. The monoisotopic (exact) mass is 574 g/mol. The van der Waals surface area contributed by atoms with Crippen LogP contribution in [0, 0.1) is 5.82 Å². The van der Waals surface area contributed by atoms with Gasteiger partial charge in [0.2, 0.25) is 0 Å². The van der Waals surface area contributed by atoms with Gasteiger partial charge in [-0.05, 0) is 45.7 Å². The van der Waals surface area contributed by atoms with Gasteiger partial charge in [-0.3, -0.25) is 4.79 Å². The number of anilines is 1. The number of benzene rings is 1. The molecule has 1 aromatic heterocycles. The van der Waals surface area contributed by atoms with Gasteiger partial charge in [-0.1, -0.05) is 17.7 Å². The van der Waals surface area contributed by atoms with E-state index in [-0.39, 0.29) is 71.2 Å². The molecule has 0 radical (unpaired) electrons. The smallest absolute Gasteiger partial charge is 0.410 e. The summed E-state index contributed by atoms with van der Waals surface area (Å²) in [5.41, 5.74) is -0.630. The molecule has 2 aromatic rings. The van der Waals surface area contributed by atoms with Crippen molar-refractivity contribution in [2.24, 2.45) is 0 Å². The Labute approximate surface area is 236 Å². The molecule has 0 aliphatic carbocycles. The number of piperazine rings is 1. The maximum atomic E-state index is 15.0. The van der Waals surface area contributed by atoms with Gasteiger partial charge in [0, 0.05) is 32.7 Å². The average Bonchev–Trinajstić information content (AvgIpc) is 3.15. The zero-order valence-electron chi connectivity index (χ0n) is 22.7. The van der Waals surface area contributed by atoms with Gasteiger partial charge in [0.25, 0.3) is 5.91 Å². The van der Waals surface area contributed by atoms with E-state index in [2.05, 4.69) is 0 Å². The summed E-state index contributed by atoms with van der Waals surface area (Å²) in [4.78, 5) is 36.9. The van der Waals surface area contributed by atoms with Crippen LogP contribution in [0.3, 0.4) is 0 Å². The maximum absolute atomic E-state index is 15.0. The van der Waals surface area contributed by atoms with E-state index >= 15 is 4.39 Å². The fraction of sp³-hybridized carbons (Fsp3) is 0.536. The molecule has 1 N–H and O–H groups in total. The summed E-state index contributed by atoms with van der Waals surface area (Å²) in [6.07, 6.45) is 1.32. The van der Waals surface area contributed by atoms with Crippen LogP contribution >= 0.6 is 11.6 Å². The van der Waals surface area contributed by atoms with Crippen LogP contribution in [-0.2, 0) is 9.47 Å². The number of fused-ring (bicyclic) bond motifs is 4. The van der Waals surface area contributed by atoms with Crippen molar-refractivity contribution in [3.8, 4) is 22.8 Å². The SMILES string of the molecule is CC(C)(C)OC(=O)N1CCN2C(=O)c3c(N4C[C@H]5CC[C@@H](C4)O5)nc(-c4c(O)cccc4F)c(Cl)c3OC[C@H]2C1. The van der Waals surface area contributed by atoms with Crippen LogP contribution in [0.25, 0.3) is 11.3 Å². The molecule has 4 aliphatic heterocycles. The Morgan fingerprint density at radius 1 is 1.15 bits per heavy atom. The number of nitrogens with zero attached hydrogens (tertiary/aromatic N) is 4. The number of hydrogen-bond acceptors (Lipinski definition) is 8. The molecule has 2 bridgehead atoms. The van der Waals surface area contributed by atoms with E-state index in [1.807, 2.05) is 4.90 Å². The van der Waals surface area contributed by atoms with Crippen molar-refractivity contribution in [2.45, 2.75) is 57.5 Å². The summed E-state index contributed by atoms with van der Waals surface area (Å²) in [7, 11) is 0. The number of ether oxygens (including phenoxy) is 3. The van der Waals surface area contributed by atoms with Crippen molar-refractivity contribution in [3.63, 3.8) is 0 Å². The first-order valence-electron chi connectivity index (χ1n) is 13.5. The van der Waals surface area contributed by atoms with Crippen molar-refractivity contribution in [3.05, 3.63) is 34.6 Å². The van der Waals surface area contributed by atoms with E-state index in [0.717, 1.165) is 12.8 Å². The zero-order valence-corrected chi connectivity index (χ0v) is 23.4. The lowest BCUT2D eigenvalue weighted by molar-refractivity contribution is 0.000948. The molecular formula is C28H32ClFN4O6. The van der Waals surface area contributed by atoms with Crippen LogP contribution < -0.4 is 9.64 Å². The number of carbonyl (C=O) groups is 2. The van der Waals surface area contributed by atoms with Crippen molar-refractivity contribution in [1.82, 2.24) is 14.8 Å². The van der Waals surface area contributed by atoms with Gasteiger partial charge in [0.15, 0.2) is 5.75 Å². The Bertz CT molecular complexity index is 1340. The van der Waals surface area contributed by atoms with E-state index in [4.69, 9.17) is 30.8 Å². The van der Waals surface area contributed by atoms with Crippen LogP contribution in [0.1, 0.15) is 44.0 Å². The maximum Gasteiger partial charge on any atom is 0.410 e. The summed E-state index contributed by atoms with van der Waals surface area (Å²) in [6, 6.07) is 3.50. The highest BCUT2D eigenvalue weighted by molar-refractivity contribution is 6.35. The van der Waals surface area contributed by atoms with Crippen LogP contribution in [-0.4, -0.2) is 95.1 Å². The Balaban J connectivity index is 1.42. The van der Waals surface area contributed by atoms with Gasteiger partial charge >= 0.3 is 6.09 Å². The number of morpholine rings is 1. The third-order valence-electron chi connectivity index (χ3n) is 7.68. The molecule has 1 aromatic carbocycles. The van der Waals surface area contributed by atoms with Crippen LogP contribution in [0.5, 0.6) is 11.5 Å². The van der Waals surface area contributed by atoms with Crippen LogP contribution in [0.2, 0.25) is 5.02 Å². The van der Waals surface area contributed by atoms with E-state index in [1.54, 1.807) is 30.6 Å². The van der Waals surface area contributed by atoms with Gasteiger partial charge in [-0.15, -0.1) is 0 Å². The number of aromatic hydroxyl groups is 1. The molecule has 214 valence electrons. The standard InChI is InChI=1S/C28H32ClFN4O6/c1-28(2,3)40-27(37)32-9-10-34-15(11-32)14-38-24-21(26(34)36)25(33-12-16-7-8-17(13-33)39-16)31-23(22(24)29)20-18(30)5-4-6-19(20)35/h4-6,15-17,35H,7-14H2,1-3H3/t15-,16-,17+/m1/s1. The molecular weight excluding hydrogens is 543 g/mol. The number of pyridine rings is 1. The summed E-state index contributed by atoms with van der Waals surface area (Å²) in [5.74, 6) is -0.946. The van der Waals surface area contributed by atoms with E-state index in [1.165, 1.54) is 18.2 Å². The van der Waals surface area contributed by atoms with Gasteiger partial charge in [-0.25, -0.2) is 14.2 Å². The van der Waals surface area contributed by atoms with Crippen molar-refractivity contribution < 1.29 is 33.3 Å². The molecule has 40 heavy (non-hydrogen) atoms. The van der Waals surface area contributed by atoms with Crippen LogP contribution in [0.15, 0.2) is 18.2 Å². The van der Waals surface area contributed by atoms with E-state index < -0.39 is 23.6 Å². The number of phenolic OH excluding ortho intramolecular Hbond substituents is 1. The lowest BCUT2D eigenvalue weighted by Gasteiger charge is -2.40. The number of aromatic nitrogens is 1. The first-order chi connectivity index (χ1) is 19.0. The molecule has 12 heteroatoms. The fourth-order valence-corrected chi connectivity index (χ4v) is 6.15. The minimum absolute atomic E-state index is 0.00657.